The average molecular weight is 344 g/mol. The first-order chi connectivity index (χ1) is 11.9. The molecule has 0 bridgehead atoms. The molecule has 4 N–H and O–H groups in total. The molecule has 0 saturated carbocycles. The van der Waals surface area contributed by atoms with Gasteiger partial charge in [0.15, 0.2) is 5.82 Å². The molecule has 25 heavy (non-hydrogen) atoms. The third-order valence-corrected chi connectivity index (χ3v) is 3.33. The van der Waals surface area contributed by atoms with E-state index in [1.165, 1.54) is 11.8 Å². The second-order valence-electron chi connectivity index (χ2n) is 5.18. The van der Waals surface area contributed by atoms with Crippen molar-refractivity contribution in [1.82, 2.24) is 10.3 Å². The summed E-state index contributed by atoms with van der Waals surface area (Å²) in [5.74, 6) is -0.0121. The Morgan fingerprint density at radius 1 is 1.28 bits per heavy atom. The monoisotopic (exact) mass is 344 g/mol. The Morgan fingerprint density at radius 2 is 1.96 bits per heavy atom. The van der Waals surface area contributed by atoms with E-state index in [0.717, 1.165) is 0 Å². The average Bonchev–Trinajstić information content (AvgIpc) is 2.58. The van der Waals surface area contributed by atoms with Gasteiger partial charge < -0.3 is 20.9 Å². The van der Waals surface area contributed by atoms with E-state index < -0.39 is 18.0 Å². The van der Waals surface area contributed by atoms with Gasteiger partial charge in [-0.15, -0.1) is 0 Å². The highest BCUT2D eigenvalue weighted by atomic mass is 16.5. The molecule has 1 aromatic carbocycles. The zero-order valence-corrected chi connectivity index (χ0v) is 14.0. The zero-order chi connectivity index (χ0) is 18.4. The Hall–Kier alpha value is -3.29. The van der Waals surface area contributed by atoms with Gasteiger partial charge in [-0.2, -0.15) is 4.98 Å². The maximum absolute atomic E-state index is 12.9. The second kappa shape index (κ2) is 8.00. The summed E-state index contributed by atoms with van der Waals surface area (Å²) in [6, 6.07) is 10.9. The number of nitrogen functional groups attached to an aromatic ring is 1. The van der Waals surface area contributed by atoms with Crippen LogP contribution in [0.1, 0.15) is 13.8 Å². The number of carbonyl (C=O) groups excluding carboxylic acids is 1. The molecule has 0 saturated heterocycles. The number of anilines is 3. The van der Waals surface area contributed by atoms with Crippen LogP contribution in [0.3, 0.4) is 0 Å². The molecular weight excluding hydrogens is 324 g/mol. The Kier molecular flexibility index (Phi) is 5.78. The van der Waals surface area contributed by atoms with Crippen LogP contribution in [-0.2, 0) is 4.79 Å². The molecule has 132 valence electrons. The first-order valence-electron chi connectivity index (χ1n) is 7.71. The lowest BCUT2D eigenvalue weighted by atomic mass is 10.2. The zero-order valence-electron chi connectivity index (χ0n) is 14.0. The van der Waals surface area contributed by atoms with Crippen LogP contribution in [0.5, 0.6) is 5.88 Å². The molecule has 0 fully saturated rings. The molecule has 0 spiro atoms. The Bertz CT molecular complexity index is 752. The largest absolute Gasteiger partial charge is 0.478 e. The first kappa shape index (κ1) is 18.1. The molecule has 8 heteroatoms. The van der Waals surface area contributed by atoms with E-state index >= 15 is 0 Å². The predicted molar refractivity (Wildman–Crippen MR) is 94.0 cm³/mol. The Morgan fingerprint density at radius 3 is 2.56 bits per heavy atom. The lowest BCUT2D eigenvalue weighted by Gasteiger charge is -2.26. The molecular formula is C17H20N4O4. The molecule has 2 rings (SSSR count). The summed E-state index contributed by atoms with van der Waals surface area (Å²) >= 11 is 0. The number of aromatic nitrogens is 1. The standard InChI is InChI=1S/C17H20N4O4/c1-3-25-14-10-9-13(18)15(20-14)21(12-7-5-4-6-8-12)16(22)11(2)19-17(23)24/h4-11,19H,3,18H2,1-2H3,(H,23,24). The van der Waals surface area contributed by atoms with Gasteiger partial charge in [0.05, 0.1) is 18.0 Å². The topological polar surface area (TPSA) is 118 Å². The van der Waals surface area contributed by atoms with E-state index in [1.807, 2.05) is 6.92 Å². The van der Waals surface area contributed by atoms with E-state index in [1.54, 1.807) is 42.5 Å². The molecule has 0 aliphatic rings. The van der Waals surface area contributed by atoms with Gasteiger partial charge in [0.1, 0.15) is 6.04 Å². The fourth-order valence-electron chi connectivity index (χ4n) is 2.22. The first-order valence-corrected chi connectivity index (χ1v) is 7.71. The van der Waals surface area contributed by atoms with E-state index in [9.17, 15) is 9.59 Å². The molecule has 1 unspecified atom stereocenters. The molecule has 0 aliphatic heterocycles. The van der Waals surface area contributed by atoms with Crippen LogP contribution in [0.15, 0.2) is 42.5 Å². The number of pyridine rings is 1. The van der Waals surface area contributed by atoms with E-state index in [-0.39, 0.29) is 11.5 Å². The third kappa shape index (κ3) is 4.37. The minimum atomic E-state index is -1.29. The highest BCUT2D eigenvalue weighted by Crippen LogP contribution is 2.31. The lowest BCUT2D eigenvalue weighted by molar-refractivity contribution is -0.119. The van der Waals surface area contributed by atoms with Gasteiger partial charge in [0.25, 0.3) is 5.91 Å². The van der Waals surface area contributed by atoms with Crippen LogP contribution < -0.4 is 20.7 Å². The molecule has 8 nitrogen and oxygen atoms in total. The van der Waals surface area contributed by atoms with Gasteiger partial charge in [0.2, 0.25) is 5.88 Å². The minimum absolute atomic E-state index is 0.182. The number of nitrogens with zero attached hydrogens (tertiary/aromatic N) is 2. The molecule has 1 aromatic heterocycles. The number of nitrogens with one attached hydrogen (secondary N) is 1. The number of para-hydroxylation sites is 1. The molecule has 2 amide bonds. The number of carbonyl (C=O) groups is 2. The van der Waals surface area contributed by atoms with Crippen molar-refractivity contribution < 1.29 is 19.4 Å². The Balaban J connectivity index is 2.51. The number of benzene rings is 1. The van der Waals surface area contributed by atoms with Crippen molar-refractivity contribution in [2.75, 3.05) is 17.2 Å². The summed E-state index contributed by atoms with van der Waals surface area (Å²) < 4.78 is 5.38. The van der Waals surface area contributed by atoms with Gasteiger partial charge in [-0.3, -0.25) is 9.69 Å². The van der Waals surface area contributed by atoms with Crippen LogP contribution >= 0.6 is 0 Å². The van der Waals surface area contributed by atoms with Gasteiger partial charge in [0, 0.05) is 6.07 Å². The van der Waals surface area contributed by atoms with E-state index in [4.69, 9.17) is 15.6 Å². The van der Waals surface area contributed by atoms with Crippen molar-refractivity contribution in [3.63, 3.8) is 0 Å². The number of hydrogen-bond donors (Lipinski definition) is 3. The van der Waals surface area contributed by atoms with Crippen LogP contribution in [0.4, 0.5) is 22.0 Å². The summed E-state index contributed by atoms with van der Waals surface area (Å²) in [5, 5.41) is 11.0. The highest BCUT2D eigenvalue weighted by molar-refractivity contribution is 6.05. The number of nitrogens with two attached hydrogens (primary N) is 1. The number of hydrogen-bond acceptors (Lipinski definition) is 5. The third-order valence-electron chi connectivity index (χ3n) is 3.33. The molecule has 0 radical (unpaired) electrons. The molecule has 1 atom stereocenters. The van der Waals surface area contributed by atoms with Crippen molar-refractivity contribution in [3.8, 4) is 5.88 Å². The van der Waals surface area contributed by atoms with E-state index in [2.05, 4.69) is 10.3 Å². The summed E-state index contributed by atoms with van der Waals surface area (Å²) in [5.41, 5.74) is 6.79. The number of ether oxygens (including phenoxy) is 1. The summed E-state index contributed by atoms with van der Waals surface area (Å²) in [7, 11) is 0. The molecule has 0 aliphatic carbocycles. The van der Waals surface area contributed by atoms with Crippen LogP contribution in [0, 0.1) is 0 Å². The van der Waals surface area contributed by atoms with Gasteiger partial charge >= 0.3 is 6.09 Å². The lowest BCUT2D eigenvalue weighted by Crippen LogP contribution is -2.45. The van der Waals surface area contributed by atoms with Crippen molar-refractivity contribution in [3.05, 3.63) is 42.5 Å². The summed E-state index contributed by atoms with van der Waals surface area (Å²) in [6.45, 7) is 3.68. The highest BCUT2D eigenvalue weighted by Gasteiger charge is 2.27. The predicted octanol–water partition coefficient (Wildman–Crippen LogP) is 2.38. The van der Waals surface area contributed by atoms with Gasteiger partial charge in [-0.25, -0.2) is 4.79 Å². The van der Waals surface area contributed by atoms with E-state index in [0.29, 0.717) is 18.2 Å². The van der Waals surface area contributed by atoms with Crippen LogP contribution in [0.25, 0.3) is 0 Å². The van der Waals surface area contributed by atoms with Crippen LogP contribution in [-0.4, -0.2) is 34.7 Å². The fourth-order valence-corrected chi connectivity index (χ4v) is 2.22. The summed E-state index contributed by atoms with van der Waals surface area (Å²) in [6.07, 6.45) is -1.29. The number of amides is 2. The quantitative estimate of drug-likeness (QED) is 0.740. The normalized spacial score (nSPS) is 11.4. The maximum Gasteiger partial charge on any atom is 0.405 e. The van der Waals surface area contributed by atoms with Crippen molar-refractivity contribution in [2.24, 2.45) is 0 Å². The minimum Gasteiger partial charge on any atom is -0.478 e. The van der Waals surface area contributed by atoms with Crippen molar-refractivity contribution in [1.29, 1.82) is 0 Å². The van der Waals surface area contributed by atoms with Gasteiger partial charge in [-0.1, -0.05) is 18.2 Å². The van der Waals surface area contributed by atoms with Crippen LogP contribution in [0.2, 0.25) is 0 Å². The van der Waals surface area contributed by atoms with Crippen molar-refractivity contribution in [2.45, 2.75) is 19.9 Å². The van der Waals surface area contributed by atoms with Crippen molar-refractivity contribution >= 4 is 29.2 Å². The SMILES string of the molecule is CCOc1ccc(N)c(N(C(=O)C(C)NC(=O)O)c2ccccc2)n1. The molecule has 1 heterocycles. The fraction of sp³-hybridized carbons (Fsp3) is 0.235. The maximum atomic E-state index is 12.9. The van der Waals surface area contributed by atoms with Gasteiger partial charge in [-0.05, 0) is 32.0 Å². The summed E-state index contributed by atoms with van der Waals surface area (Å²) in [4.78, 5) is 29.3. The second-order valence-corrected chi connectivity index (χ2v) is 5.18. The smallest absolute Gasteiger partial charge is 0.405 e. The molecule has 2 aromatic rings. The Labute approximate surface area is 145 Å². The number of carboxylic acid groups (broad SMARTS) is 1. The number of rotatable bonds is 6.